The van der Waals surface area contributed by atoms with Crippen molar-refractivity contribution in [3.8, 4) is 6.07 Å². The average molecular weight is 208 g/mol. The number of hydrogen-bond acceptors (Lipinski definition) is 5. The summed E-state index contributed by atoms with van der Waals surface area (Å²) in [5.41, 5.74) is 0.562. The van der Waals surface area contributed by atoms with Crippen LogP contribution in [0.5, 0.6) is 0 Å². The van der Waals surface area contributed by atoms with Crippen molar-refractivity contribution < 1.29 is 9.53 Å². The Balaban J connectivity index is 2.96. The molecular weight excluding hydrogens is 200 g/mol. The van der Waals surface area contributed by atoms with Crippen LogP contribution < -0.4 is 0 Å². The number of rotatable bonds is 2. The first-order valence-electron chi connectivity index (χ1n) is 3.79. The van der Waals surface area contributed by atoms with Crippen molar-refractivity contribution in [2.45, 2.75) is 6.92 Å². The molecule has 0 bridgehead atoms. The molecule has 0 aliphatic carbocycles. The van der Waals surface area contributed by atoms with Gasteiger partial charge in [0.1, 0.15) is 11.6 Å². The van der Waals surface area contributed by atoms with Crippen molar-refractivity contribution in [3.05, 3.63) is 21.7 Å². The third-order valence-corrected chi connectivity index (χ3v) is 2.25. The van der Waals surface area contributed by atoms with E-state index in [1.54, 1.807) is 11.4 Å². The summed E-state index contributed by atoms with van der Waals surface area (Å²) in [4.78, 5) is 15.1. The molecule has 0 spiro atoms. The first-order valence-corrected chi connectivity index (χ1v) is 4.67. The van der Waals surface area contributed by atoms with Gasteiger partial charge >= 0.3 is 5.97 Å². The van der Waals surface area contributed by atoms with Crippen molar-refractivity contribution >= 4 is 23.4 Å². The molecule has 14 heavy (non-hydrogen) atoms. The molecule has 0 aromatic carbocycles. The van der Waals surface area contributed by atoms with E-state index >= 15 is 0 Å². The zero-order valence-corrected chi connectivity index (χ0v) is 8.59. The van der Waals surface area contributed by atoms with Crippen LogP contribution in [-0.2, 0) is 9.53 Å². The van der Waals surface area contributed by atoms with Crippen LogP contribution in [0.1, 0.15) is 10.7 Å². The number of methoxy groups -OCH3 is 1. The van der Waals surface area contributed by atoms with Crippen LogP contribution in [0.3, 0.4) is 0 Å². The molecule has 0 amide bonds. The molecule has 4 nitrogen and oxygen atoms in total. The van der Waals surface area contributed by atoms with Gasteiger partial charge in [0.2, 0.25) is 0 Å². The highest BCUT2D eigenvalue weighted by Gasteiger charge is 2.09. The Morgan fingerprint density at radius 3 is 2.93 bits per heavy atom. The van der Waals surface area contributed by atoms with Crippen LogP contribution in [0.15, 0.2) is 11.0 Å². The molecule has 5 heteroatoms. The van der Waals surface area contributed by atoms with Gasteiger partial charge in [0, 0.05) is 5.38 Å². The van der Waals surface area contributed by atoms with E-state index in [-0.39, 0.29) is 5.57 Å². The summed E-state index contributed by atoms with van der Waals surface area (Å²) in [5, 5.41) is 11.3. The molecule has 0 radical (unpaired) electrons. The molecule has 0 aliphatic heterocycles. The number of esters is 1. The highest BCUT2D eigenvalue weighted by molar-refractivity contribution is 7.09. The number of hydrogen-bond donors (Lipinski definition) is 0. The summed E-state index contributed by atoms with van der Waals surface area (Å²) in [6, 6.07) is 1.76. The van der Waals surface area contributed by atoms with E-state index in [1.807, 2.05) is 6.92 Å². The molecule has 0 atom stereocenters. The van der Waals surface area contributed by atoms with Crippen molar-refractivity contribution in [2.75, 3.05) is 7.11 Å². The second kappa shape index (κ2) is 4.53. The Hall–Kier alpha value is -1.67. The van der Waals surface area contributed by atoms with Crippen LogP contribution >= 0.6 is 11.3 Å². The molecule has 0 unspecified atom stereocenters. The van der Waals surface area contributed by atoms with Crippen molar-refractivity contribution in [3.63, 3.8) is 0 Å². The fourth-order valence-electron chi connectivity index (χ4n) is 0.841. The van der Waals surface area contributed by atoms with Crippen LogP contribution in [0.2, 0.25) is 0 Å². The highest BCUT2D eigenvalue weighted by Crippen LogP contribution is 2.11. The number of nitriles is 1. The SMILES string of the molecule is COC(=O)/C(C#N)=C/c1csc(C)n1. The summed E-state index contributed by atoms with van der Waals surface area (Å²) < 4.78 is 4.43. The summed E-state index contributed by atoms with van der Waals surface area (Å²) in [6.45, 7) is 1.85. The number of nitrogens with zero attached hydrogens (tertiary/aromatic N) is 2. The van der Waals surface area contributed by atoms with E-state index in [1.165, 1.54) is 24.5 Å². The topological polar surface area (TPSA) is 63.0 Å². The lowest BCUT2D eigenvalue weighted by Crippen LogP contribution is -2.02. The molecule has 72 valence electrons. The van der Waals surface area contributed by atoms with Crippen molar-refractivity contribution in [1.82, 2.24) is 4.98 Å². The summed E-state index contributed by atoms with van der Waals surface area (Å²) >= 11 is 1.46. The number of carbonyl (C=O) groups is 1. The lowest BCUT2D eigenvalue weighted by Gasteiger charge is -1.93. The Labute approximate surface area is 85.5 Å². The minimum absolute atomic E-state index is 0.0437. The van der Waals surface area contributed by atoms with Gasteiger partial charge in [-0.2, -0.15) is 5.26 Å². The molecule has 0 fully saturated rings. The maximum absolute atomic E-state index is 11.0. The van der Waals surface area contributed by atoms with E-state index in [0.717, 1.165) is 5.01 Å². The predicted octanol–water partition coefficient (Wildman–Crippen LogP) is 1.53. The molecule has 1 rings (SSSR count). The summed E-state index contributed by atoms with van der Waals surface area (Å²) in [5.74, 6) is -0.641. The minimum atomic E-state index is -0.641. The molecule has 0 saturated heterocycles. The summed E-state index contributed by atoms with van der Waals surface area (Å²) in [6.07, 6.45) is 1.41. The molecule has 0 aliphatic rings. The van der Waals surface area contributed by atoms with Gasteiger partial charge in [-0.05, 0) is 13.0 Å². The molecule has 0 N–H and O–H groups in total. The van der Waals surface area contributed by atoms with Crippen LogP contribution in [0.25, 0.3) is 6.08 Å². The van der Waals surface area contributed by atoms with Crippen LogP contribution in [0.4, 0.5) is 0 Å². The Morgan fingerprint density at radius 2 is 2.50 bits per heavy atom. The molecular formula is C9H8N2O2S. The minimum Gasteiger partial charge on any atom is -0.465 e. The van der Waals surface area contributed by atoms with Crippen LogP contribution in [0, 0.1) is 18.3 Å². The molecule has 1 heterocycles. The zero-order chi connectivity index (χ0) is 10.6. The highest BCUT2D eigenvalue weighted by atomic mass is 32.1. The zero-order valence-electron chi connectivity index (χ0n) is 7.77. The van der Waals surface area contributed by atoms with Gasteiger partial charge < -0.3 is 4.74 Å². The fraction of sp³-hybridized carbons (Fsp3) is 0.222. The van der Waals surface area contributed by atoms with Crippen LogP contribution in [-0.4, -0.2) is 18.1 Å². The lowest BCUT2D eigenvalue weighted by molar-refractivity contribution is -0.135. The van der Waals surface area contributed by atoms with Gasteiger partial charge in [-0.25, -0.2) is 9.78 Å². The first-order chi connectivity index (χ1) is 6.67. The van der Waals surface area contributed by atoms with Crippen molar-refractivity contribution in [1.29, 1.82) is 5.26 Å². The Morgan fingerprint density at radius 1 is 1.79 bits per heavy atom. The monoisotopic (exact) mass is 208 g/mol. The third kappa shape index (κ3) is 2.41. The number of ether oxygens (including phenoxy) is 1. The predicted molar refractivity (Wildman–Crippen MR) is 52.5 cm³/mol. The maximum atomic E-state index is 11.0. The van der Waals surface area contributed by atoms with Gasteiger partial charge in [0.15, 0.2) is 0 Å². The third-order valence-electron chi connectivity index (χ3n) is 1.45. The normalized spacial score (nSPS) is 10.8. The number of carbonyl (C=O) groups excluding carboxylic acids is 1. The maximum Gasteiger partial charge on any atom is 0.348 e. The first kappa shape index (κ1) is 10.4. The standard InChI is InChI=1S/C9H8N2O2S/c1-6-11-8(5-14-6)3-7(4-10)9(12)13-2/h3,5H,1-2H3/b7-3+. The fourth-order valence-corrected chi connectivity index (χ4v) is 1.41. The largest absolute Gasteiger partial charge is 0.465 e. The van der Waals surface area contributed by atoms with E-state index in [2.05, 4.69) is 9.72 Å². The van der Waals surface area contributed by atoms with E-state index in [4.69, 9.17) is 5.26 Å². The lowest BCUT2D eigenvalue weighted by atomic mass is 10.2. The second-order valence-electron chi connectivity index (χ2n) is 2.45. The van der Waals surface area contributed by atoms with E-state index in [9.17, 15) is 4.79 Å². The summed E-state index contributed by atoms with van der Waals surface area (Å²) in [7, 11) is 1.24. The van der Waals surface area contributed by atoms with Gasteiger partial charge in [0.05, 0.1) is 17.8 Å². The Bertz CT molecular complexity index is 415. The number of aromatic nitrogens is 1. The van der Waals surface area contributed by atoms with Gasteiger partial charge in [0.25, 0.3) is 0 Å². The van der Waals surface area contributed by atoms with Gasteiger partial charge in [-0.1, -0.05) is 0 Å². The molecule has 1 aromatic heterocycles. The van der Waals surface area contributed by atoms with Crippen molar-refractivity contribution in [2.24, 2.45) is 0 Å². The number of aryl methyl sites for hydroxylation is 1. The number of thiazole rings is 1. The average Bonchev–Trinajstić information content (AvgIpc) is 2.59. The quantitative estimate of drug-likeness (QED) is 0.420. The Kier molecular flexibility index (Phi) is 3.37. The van der Waals surface area contributed by atoms with Gasteiger partial charge in [-0.3, -0.25) is 0 Å². The van der Waals surface area contributed by atoms with E-state index < -0.39 is 5.97 Å². The molecule has 0 saturated carbocycles. The smallest absolute Gasteiger partial charge is 0.348 e. The van der Waals surface area contributed by atoms with E-state index in [0.29, 0.717) is 5.69 Å². The van der Waals surface area contributed by atoms with Gasteiger partial charge in [-0.15, -0.1) is 11.3 Å². The molecule has 1 aromatic rings. The second-order valence-corrected chi connectivity index (χ2v) is 3.52.